The third kappa shape index (κ3) is 5.83. The maximum atomic E-state index is 12.3. The number of carbonyl (C=O) groups is 2. The number of carbonyl (C=O) groups excluding carboxylic acids is 2. The molecule has 1 aliphatic heterocycles. The minimum absolute atomic E-state index is 0.130. The van der Waals surface area contributed by atoms with Crippen LogP contribution in [0.2, 0.25) is 5.02 Å². The predicted octanol–water partition coefficient (Wildman–Crippen LogP) is 4.42. The van der Waals surface area contributed by atoms with Gasteiger partial charge in [-0.05, 0) is 51.5 Å². The number of aryl methyl sites for hydroxylation is 1. The topological polar surface area (TPSA) is 80.8 Å². The SMILES string of the molecule is Cc1cc(OCC(=O)Nc2nc3c(s2)CN(C(=O)OC(C)(C)C)CC3)ccc1Cl. The first-order valence-electron chi connectivity index (χ1n) is 9.26. The largest absolute Gasteiger partial charge is 0.484 e. The van der Waals surface area contributed by atoms with Crippen LogP contribution in [0.3, 0.4) is 0 Å². The lowest BCUT2D eigenvalue weighted by Crippen LogP contribution is -2.39. The molecule has 0 aliphatic carbocycles. The monoisotopic (exact) mass is 437 g/mol. The van der Waals surface area contributed by atoms with Gasteiger partial charge in [0.1, 0.15) is 11.4 Å². The van der Waals surface area contributed by atoms with Crippen molar-refractivity contribution in [2.24, 2.45) is 0 Å². The molecular weight excluding hydrogens is 414 g/mol. The highest BCUT2D eigenvalue weighted by Gasteiger charge is 2.28. The molecule has 0 saturated carbocycles. The number of ether oxygens (including phenoxy) is 2. The fourth-order valence-corrected chi connectivity index (χ4v) is 3.90. The Morgan fingerprint density at radius 2 is 2.10 bits per heavy atom. The molecule has 2 amide bonds. The molecular formula is C20H24ClN3O4S. The highest BCUT2D eigenvalue weighted by molar-refractivity contribution is 7.15. The van der Waals surface area contributed by atoms with Crippen molar-refractivity contribution >= 4 is 40.1 Å². The van der Waals surface area contributed by atoms with Crippen molar-refractivity contribution in [3.63, 3.8) is 0 Å². The summed E-state index contributed by atoms with van der Waals surface area (Å²) >= 11 is 7.35. The van der Waals surface area contributed by atoms with Crippen LogP contribution in [-0.2, 0) is 22.5 Å². The third-order valence-electron chi connectivity index (χ3n) is 4.13. The quantitative estimate of drug-likeness (QED) is 0.765. The third-order valence-corrected chi connectivity index (χ3v) is 5.55. The average molecular weight is 438 g/mol. The zero-order valence-corrected chi connectivity index (χ0v) is 18.4. The van der Waals surface area contributed by atoms with Crippen molar-refractivity contribution in [3.8, 4) is 5.75 Å². The van der Waals surface area contributed by atoms with E-state index in [1.165, 1.54) is 11.3 Å². The molecule has 3 rings (SSSR count). The predicted molar refractivity (Wildman–Crippen MR) is 113 cm³/mol. The number of thiazole rings is 1. The van der Waals surface area contributed by atoms with Gasteiger partial charge >= 0.3 is 6.09 Å². The van der Waals surface area contributed by atoms with E-state index < -0.39 is 5.60 Å². The van der Waals surface area contributed by atoms with Gasteiger partial charge in [0.25, 0.3) is 5.91 Å². The van der Waals surface area contributed by atoms with Gasteiger partial charge in [-0.25, -0.2) is 9.78 Å². The molecule has 156 valence electrons. The smallest absolute Gasteiger partial charge is 0.410 e. The summed E-state index contributed by atoms with van der Waals surface area (Å²) in [6.07, 6.45) is 0.287. The molecule has 1 aromatic heterocycles. The Morgan fingerprint density at radius 1 is 1.34 bits per heavy atom. The van der Waals surface area contributed by atoms with Crippen molar-refractivity contribution < 1.29 is 19.1 Å². The van der Waals surface area contributed by atoms with Crippen LogP contribution < -0.4 is 10.1 Å². The van der Waals surface area contributed by atoms with Crippen molar-refractivity contribution in [2.45, 2.75) is 46.3 Å². The highest BCUT2D eigenvalue weighted by Crippen LogP contribution is 2.29. The molecule has 0 atom stereocenters. The zero-order chi connectivity index (χ0) is 21.2. The fourth-order valence-electron chi connectivity index (χ4n) is 2.74. The number of hydrogen-bond donors (Lipinski definition) is 1. The lowest BCUT2D eigenvalue weighted by Gasteiger charge is -2.29. The summed E-state index contributed by atoms with van der Waals surface area (Å²) in [6, 6.07) is 5.23. The van der Waals surface area contributed by atoms with Crippen molar-refractivity contribution in [2.75, 3.05) is 18.5 Å². The lowest BCUT2D eigenvalue weighted by atomic mass is 10.2. The molecule has 0 fully saturated rings. The van der Waals surface area contributed by atoms with E-state index in [4.69, 9.17) is 21.1 Å². The number of nitrogens with one attached hydrogen (secondary N) is 1. The van der Waals surface area contributed by atoms with Crippen LogP contribution in [0.5, 0.6) is 5.75 Å². The molecule has 7 nitrogen and oxygen atoms in total. The van der Waals surface area contributed by atoms with Crippen molar-refractivity contribution in [1.29, 1.82) is 0 Å². The van der Waals surface area contributed by atoms with E-state index in [-0.39, 0.29) is 18.6 Å². The van der Waals surface area contributed by atoms with Gasteiger partial charge < -0.3 is 14.4 Å². The molecule has 2 heterocycles. The molecule has 1 aromatic carbocycles. The van der Waals surface area contributed by atoms with Gasteiger partial charge in [-0.2, -0.15) is 0 Å². The van der Waals surface area contributed by atoms with E-state index in [9.17, 15) is 9.59 Å². The van der Waals surface area contributed by atoms with E-state index in [2.05, 4.69) is 10.3 Å². The Bertz CT molecular complexity index is 923. The van der Waals surface area contributed by atoms with Crippen LogP contribution in [-0.4, -0.2) is 40.6 Å². The van der Waals surface area contributed by atoms with E-state index in [0.29, 0.717) is 35.4 Å². The molecule has 9 heteroatoms. The van der Waals surface area contributed by atoms with E-state index in [1.807, 2.05) is 27.7 Å². The average Bonchev–Trinajstić information content (AvgIpc) is 3.02. The van der Waals surface area contributed by atoms with E-state index >= 15 is 0 Å². The summed E-state index contributed by atoms with van der Waals surface area (Å²) in [7, 11) is 0. The standard InChI is InChI=1S/C20H24ClN3O4S/c1-12-9-13(5-6-14(12)21)27-11-17(25)23-18-22-15-7-8-24(10-16(15)29-18)19(26)28-20(2,3)4/h5-6,9H,7-8,10-11H2,1-4H3,(H,22,23,25). The fraction of sp³-hybridized carbons (Fsp3) is 0.450. The molecule has 0 saturated heterocycles. The molecule has 0 radical (unpaired) electrons. The number of aromatic nitrogens is 1. The van der Waals surface area contributed by atoms with Gasteiger partial charge in [0.05, 0.1) is 12.2 Å². The molecule has 2 aromatic rings. The molecule has 1 aliphatic rings. The molecule has 0 unspecified atom stereocenters. The normalized spacial score (nSPS) is 13.6. The number of hydrogen-bond acceptors (Lipinski definition) is 6. The van der Waals surface area contributed by atoms with Crippen LogP contribution >= 0.6 is 22.9 Å². The summed E-state index contributed by atoms with van der Waals surface area (Å²) in [5.74, 6) is 0.279. The van der Waals surface area contributed by atoms with Crippen LogP contribution in [0.1, 0.15) is 36.9 Å². The first-order chi connectivity index (χ1) is 13.6. The Labute approximate surface area is 179 Å². The van der Waals surface area contributed by atoms with Crippen LogP contribution in [0.15, 0.2) is 18.2 Å². The second kappa shape index (κ2) is 8.59. The number of benzene rings is 1. The molecule has 29 heavy (non-hydrogen) atoms. The van der Waals surface area contributed by atoms with Crippen LogP contribution in [0.25, 0.3) is 0 Å². The zero-order valence-electron chi connectivity index (χ0n) is 16.9. The summed E-state index contributed by atoms with van der Waals surface area (Å²) in [6.45, 7) is 8.23. The van der Waals surface area contributed by atoms with Gasteiger partial charge in [-0.15, -0.1) is 0 Å². The maximum Gasteiger partial charge on any atom is 0.410 e. The van der Waals surface area contributed by atoms with Gasteiger partial charge in [-0.3, -0.25) is 10.1 Å². The number of fused-ring (bicyclic) bond motifs is 1. The number of rotatable bonds is 4. The van der Waals surface area contributed by atoms with Crippen molar-refractivity contribution in [1.82, 2.24) is 9.88 Å². The Morgan fingerprint density at radius 3 is 2.79 bits per heavy atom. The molecule has 0 bridgehead atoms. The minimum atomic E-state index is -0.535. The number of amides is 2. The minimum Gasteiger partial charge on any atom is -0.484 e. The Balaban J connectivity index is 1.55. The Hall–Kier alpha value is -2.32. The van der Waals surface area contributed by atoms with Crippen molar-refractivity contribution in [3.05, 3.63) is 39.4 Å². The van der Waals surface area contributed by atoms with Gasteiger partial charge in [0.2, 0.25) is 0 Å². The van der Waals surface area contributed by atoms with Crippen LogP contribution in [0.4, 0.5) is 9.93 Å². The maximum absolute atomic E-state index is 12.3. The molecule has 1 N–H and O–H groups in total. The van der Waals surface area contributed by atoms with E-state index in [1.54, 1.807) is 23.1 Å². The van der Waals surface area contributed by atoms with Crippen LogP contribution in [0, 0.1) is 6.92 Å². The number of anilines is 1. The lowest BCUT2D eigenvalue weighted by molar-refractivity contribution is -0.118. The van der Waals surface area contributed by atoms with Gasteiger partial charge in [-0.1, -0.05) is 22.9 Å². The summed E-state index contributed by atoms with van der Waals surface area (Å²) in [5, 5.41) is 3.91. The first-order valence-corrected chi connectivity index (χ1v) is 10.5. The number of nitrogens with zero attached hydrogens (tertiary/aromatic N) is 2. The van der Waals surface area contributed by atoms with Gasteiger partial charge in [0.15, 0.2) is 11.7 Å². The highest BCUT2D eigenvalue weighted by atomic mass is 35.5. The van der Waals surface area contributed by atoms with E-state index in [0.717, 1.165) is 16.1 Å². The Kier molecular flexibility index (Phi) is 6.33. The second-order valence-corrected chi connectivity index (χ2v) is 9.28. The molecule has 0 spiro atoms. The second-order valence-electron chi connectivity index (χ2n) is 7.79. The summed E-state index contributed by atoms with van der Waals surface area (Å²) in [4.78, 5) is 31.5. The number of halogens is 1. The summed E-state index contributed by atoms with van der Waals surface area (Å²) in [5.41, 5.74) is 1.25. The van der Waals surface area contributed by atoms with Gasteiger partial charge in [0, 0.05) is 22.9 Å². The summed E-state index contributed by atoms with van der Waals surface area (Å²) < 4.78 is 10.9. The first kappa shape index (κ1) is 21.4.